The number of anilines is 1. The molecule has 0 aliphatic rings. The molecule has 0 atom stereocenters. The van der Waals surface area contributed by atoms with Gasteiger partial charge < -0.3 is 15.6 Å². The van der Waals surface area contributed by atoms with E-state index in [9.17, 15) is 9.59 Å². The second-order valence-corrected chi connectivity index (χ2v) is 5.96. The van der Waals surface area contributed by atoms with E-state index in [1.54, 1.807) is 18.2 Å². The molecule has 1 aromatic heterocycles. The van der Waals surface area contributed by atoms with Crippen molar-refractivity contribution in [2.45, 2.75) is 13.3 Å². The Kier molecular flexibility index (Phi) is 4.99. The third-order valence-corrected chi connectivity index (χ3v) is 4.13. The van der Waals surface area contributed by atoms with Gasteiger partial charge in [-0.05, 0) is 48.7 Å². The Morgan fingerprint density at radius 1 is 1.15 bits per heavy atom. The van der Waals surface area contributed by atoms with Crippen molar-refractivity contribution in [1.29, 1.82) is 5.26 Å². The van der Waals surface area contributed by atoms with E-state index in [2.05, 4.69) is 15.6 Å². The number of H-pyrrole nitrogens is 1. The number of nitrogens with zero attached hydrogens (tertiary/aromatic N) is 1. The molecule has 0 radical (unpaired) electrons. The van der Waals surface area contributed by atoms with Crippen LogP contribution < -0.4 is 10.6 Å². The Labute approximate surface area is 150 Å². The van der Waals surface area contributed by atoms with Crippen molar-refractivity contribution in [3.05, 3.63) is 65.4 Å². The van der Waals surface area contributed by atoms with E-state index in [4.69, 9.17) is 5.26 Å². The summed E-state index contributed by atoms with van der Waals surface area (Å²) in [6.45, 7) is 2.40. The van der Waals surface area contributed by atoms with Crippen LogP contribution in [0.4, 0.5) is 5.69 Å². The molecule has 26 heavy (non-hydrogen) atoms. The summed E-state index contributed by atoms with van der Waals surface area (Å²) in [5.41, 5.74) is 4.15. The van der Waals surface area contributed by atoms with Crippen LogP contribution in [0, 0.1) is 18.3 Å². The number of amides is 2. The van der Waals surface area contributed by atoms with E-state index < -0.39 is 11.8 Å². The van der Waals surface area contributed by atoms with Crippen molar-refractivity contribution in [3.63, 3.8) is 0 Å². The highest BCUT2D eigenvalue weighted by Gasteiger charge is 2.14. The van der Waals surface area contributed by atoms with Gasteiger partial charge in [0.1, 0.15) is 0 Å². The number of carbonyl (C=O) groups excluding carboxylic acids is 2. The fourth-order valence-corrected chi connectivity index (χ4v) is 2.89. The van der Waals surface area contributed by atoms with Crippen LogP contribution in [0.5, 0.6) is 0 Å². The number of rotatable bonds is 4. The number of nitrogens with one attached hydrogen (secondary N) is 3. The maximum atomic E-state index is 12.0. The fraction of sp³-hybridized carbons (Fsp3) is 0.150. The van der Waals surface area contributed by atoms with Gasteiger partial charge in [-0.1, -0.05) is 18.2 Å². The largest absolute Gasteiger partial charge is 0.361 e. The molecule has 0 bridgehead atoms. The van der Waals surface area contributed by atoms with Gasteiger partial charge in [-0.3, -0.25) is 9.59 Å². The highest BCUT2D eigenvalue weighted by molar-refractivity contribution is 6.39. The van der Waals surface area contributed by atoms with Gasteiger partial charge in [0, 0.05) is 29.3 Å². The molecule has 2 amide bonds. The van der Waals surface area contributed by atoms with Gasteiger partial charge in [-0.2, -0.15) is 5.26 Å². The van der Waals surface area contributed by atoms with Crippen LogP contribution in [-0.2, 0) is 16.0 Å². The summed E-state index contributed by atoms with van der Waals surface area (Å²) < 4.78 is 0. The second kappa shape index (κ2) is 7.53. The number of aryl methyl sites for hydroxylation is 1. The van der Waals surface area contributed by atoms with Gasteiger partial charge in [0.05, 0.1) is 11.6 Å². The van der Waals surface area contributed by atoms with Gasteiger partial charge in [-0.25, -0.2) is 0 Å². The summed E-state index contributed by atoms with van der Waals surface area (Å²) in [4.78, 5) is 27.1. The molecule has 0 unspecified atom stereocenters. The van der Waals surface area contributed by atoms with Crippen molar-refractivity contribution in [3.8, 4) is 6.07 Å². The first-order valence-electron chi connectivity index (χ1n) is 8.23. The number of nitriles is 1. The number of hydrogen-bond acceptors (Lipinski definition) is 3. The molecule has 0 aliphatic heterocycles. The normalized spacial score (nSPS) is 10.3. The number of aromatic amines is 1. The van der Waals surface area contributed by atoms with Gasteiger partial charge in [0.25, 0.3) is 0 Å². The number of fused-ring (bicyclic) bond motifs is 1. The average molecular weight is 346 g/mol. The number of carbonyl (C=O) groups is 2. The van der Waals surface area contributed by atoms with Crippen molar-refractivity contribution in [2.75, 3.05) is 11.9 Å². The zero-order valence-corrected chi connectivity index (χ0v) is 14.3. The molecule has 3 N–H and O–H groups in total. The van der Waals surface area contributed by atoms with Gasteiger partial charge >= 0.3 is 11.8 Å². The van der Waals surface area contributed by atoms with Crippen LogP contribution in [0.2, 0.25) is 0 Å². The molecular formula is C20H18N4O2. The zero-order valence-electron chi connectivity index (χ0n) is 14.3. The highest BCUT2D eigenvalue weighted by atomic mass is 16.2. The minimum absolute atomic E-state index is 0.353. The lowest BCUT2D eigenvalue weighted by molar-refractivity contribution is -0.136. The second-order valence-electron chi connectivity index (χ2n) is 5.96. The van der Waals surface area contributed by atoms with Crippen LogP contribution in [-0.4, -0.2) is 23.3 Å². The Morgan fingerprint density at radius 3 is 2.77 bits per heavy atom. The van der Waals surface area contributed by atoms with Crippen LogP contribution in [0.1, 0.15) is 16.7 Å². The predicted octanol–water partition coefficient (Wildman–Crippen LogP) is 2.65. The molecule has 0 saturated carbocycles. The van der Waals surface area contributed by atoms with Crippen LogP contribution in [0.3, 0.4) is 0 Å². The number of benzene rings is 2. The van der Waals surface area contributed by atoms with Gasteiger partial charge in [0.15, 0.2) is 0 Å². The van der Waals surface area contributed by atoms with Crippen molar-refractivity contribution in [2.24, 2.45) is 0 Å². The first-order valence-corrected chi connectivity index (χ1v) is 8.23. The molecule has 0 aliphatic carbocycles. The molecule has 0 spiro atoms. The van der Waals surface area contributed by atoms with Gasteiger partial charge in [0.2, 0.25) is 0 Å². The first kappa shape index (κ1) is 17.2. The summed E-state index contributed by atoms with van der Waals surface area (Å²) in [7, 11) is 0. The maximum absolute atomic E-state index is 12.0. The van der Waals surface area contributed by atoms with Crippen LogP contribution in [0.15, 0.2) is 48.7 Å². The summed E-state index contributed by atoms with van der Waals surface area (Å²) in [5.74, 6) is -1.46. The Balaban J connectivity index is 1.56. The van der Waals surface area contributed by atoms with Crippen molar-refractivity contribution in [1.82, 2.24) is 10.3 Å². The van der Waals surface area contributed by atoms with E-state index in [0.717, 1.165) is 16.5 Å². The minimum Gasteiger partial charge on any atom is -0.361 e. The number of hydrogen-bond donors (Lipinski definition) is 3. The predicted molar refractivity (Wildman–Crippen MR) is 99.5 cm³/mol. The molecular weight excluding hydrogens is 328 g/mol. The SMILES string of the molecule is Cc1cccc2[nH]cc(CCNC(=O)C(=O)Nc3cccc(C#N)c3)c12. The molecule has 6 heteroatoms. The van der Waals surface area contributed by atoms with E-state index in [0.29, 0.717) is 24.2 Å². The molecule has 3 rings (SSSR count). The molecule has 0 fully saturated rings. The standard InChI is InChI=1S/C20H18N4O2/c1-13-4-2-7-17-18(13)15(12-23-17)8-9-22-19(25)20(26)24-16-6-3-5-14(10-16)11-21/h2-7,10,12,23H,8-9H2,1H3,(H,22,25)(H,24,26). The summed E-state index contributed by atoms with van der Waals surface area (Å²) in [6, 6.07) is 14.4. The van der Waals surface area contributed by atoms with E-state index in [1.807, 2.05) is 37.4 Å². The monoisotopic (exact) mass is 346 g/mol. The van der Waals surface area contributed by atoms with Crippen molar-refractivity contribution < 1.29 is 9.59 Å². The lowest BCUT2D eigenvalue weighted by Crippen LogP contribution is -2.36. The van der Waals surface area contributed by atoms with E-state index >= 15 is 0 Å². The Hall–Kier alpha value is -3.59. The molecule has 1 heterocycles. The highest BCUT2D eigenvalue weighted by Crippen LogP contribution is 2.22. The summed E-state index contributed by atoms with van der Waals surface area (Å²) in [6.07, 6.45) is 2.55. The smallest absolute Gasteiger partial charge is 0.313 e. The van der Waals surface area contributed by atoms with Crippen molar-refractivity contribution >= 4 is 28.4 Å². The molecule has 2 aromatic carbocycles. The fourth-order valence-electron chi connectivity index (χ4n) is 2.89. The molecule has 3 aromatic rings. The minimum atomic E-state index is -0.754. The lowest BCUT2D eigenvalue weighted by Gasteiger charge is -2.07. The average Bonchev–Trinajstić information content (AvgIpc) is 3.06. The lowest BCUT2D eigenvalue weighted by atomic mass is 10.1. The quantitative estimate of drug-likeness (QED) is 0.633. The van der Waals surface area contributed by atoms with E-state index in [-0.39, 0.29) is 0 Å². The van der Waals surface area contributed by atoms with E-state index in [1.165, 1.54) is 11.6 Å². The molecule has 0 saturated heterocycles. The summed E-state index contributed by atoms with van der Waals surface area (Å²) in [5, 5.41) is 15.1. The molecule has 6 nitrogen and oxygen atoms in total. The molecule has 130 valence electrons. The first-order chi connectivity index (χ1) is 12.6. The maximum Gasteiger partial charge on any atom is 0.313 e. The Bertz CT molecular complexity index is 1010. The third kappa shape index (κ3) is 3.73. The number of aromatic nitrogens is 1. The Morgan fingerprint density at radius 2 is 1.96 bits per heavy atom. The van der Waals surface area contributed by atoms with Crippen LogP contribution >= 0.6 is 0 Å². The topological polar surface area (TPSA) is 97.8 Å². The van der Waals surface area contributed by atoms with Gasteiger partial charge in [-0.15, -0.1) is 0 Å². The summed E-state index contributed by atoms with van der Waals surface area (Å²) >= 11 is 0. The van der Waals surface area contributed by atoms with Crippen LogP contribution in [0.25, 0.3) is 10.9 Å². The zero-order chi connectivity index (χ0) is 18.5. The third-order valence-electron chi connectivity index (χ3n) is 4.13.